The first-order valence-electron chi connectivity index (χ1n) is 5.30. The second kappa shape index (κ2) is 4.80. The molecule has 1 aromatic rings. The summed E-state index contributed by atoms with van der Waals surface area (Å²) in [5.41, 5.74) is 4.13. The molecule has 1 heterocycles. The number of aliphatic hydroxyl groups is 1. The molecule has 0 saturated heterocycles. The molecule has 0 aromatic heterocycles. The normalized spacial score (nSPS) is 16.9. The van der Waals surface area contributed by atoms with Crippen LogP contribution in [0.3, 0.4) is 0 Å². The molecule has 0 bridgehead atoms. The first-order valence-corrected chi connectivity index (χ1v) is 5.30. The van der Waals surface area contributed by atoms with Crippen LogP contribution in [0.4, 0.5) is 18.9 Å². The molecule has 0 spiro atoms. The molecule has 2 atom stereocenters. The van der Waals surface area contributed by atoms with E-state index in [4.69, 9.17) is 20.3 Å². The summed E-state index contributed by atoms with van der Waals surface area (Å²) in [6, 6.07) is -0.120. The molecule has 2 rings (SSSR count). The van der Waals surface area contributed by atoms with Crippen molar-refractivity contribution in [3.63, 3.8) is 0 Å². The van der Waals surface area contributed by atoms with Crippen molar-refractivity contribution in [3.8, 4) is 11.5 Å². The van der Waals surface area contributed by atoms with Crippen LogP contribution in [0.5, 0.6) is 11.5 Å². The molecule has 1 aliphatic rings. The number of nitro groups is 1. The van der Waals surface area contributed by atoms with Gasteiger partial charge in [-0.2, -0.15) is 13.2 Å². The van der Waals surface area contributed by atoms with Crippen molar-refractivity contribution >= 4 is 5.69 Å². The maximum absolute atomic E-state index is 12.4. The quantitative estimate of drug-likeness (QED) is 0.641. The minimum Gasteiger partial charge on any atom is -0.454 e. The third-order valence-electron chi connectivity index (χ3n) is 2.75. The Kier molecular flexibility index (Phi) is 3.44. The van der Waals surface area contributed by atoms with Gasteiger partial charge in [0.1, 0.15) is 0 Å². The van der Waals surface area contributed by atoms with E-state index in [9.17, 15) is 23.3 Å². The lowest BCUT2D eigenvalue weighted by Crippen LogP contribution is -2.39. The molecule has 0 radical (unpaired) electrons. The molecule has 20 heavy (non-hydrogen) atoms. The van der Waals surface area contributed by atoms with Gasteiger partial charge in [0, 0.05) is 0 Å². The second-order valence-electron chi connectivity index (χ2n) is 4.03. The summed E-state index contributed by atoms with van der Waals surface area (Å²) in [6.07, 6.45) is -7.93. The van der Waals surface area contributed by atoms with Crippen LogP contribution < -0.4 is 15.2 Å². The standard InChI is InChI=1S/C10H9F3N2O5/c11-10(12,13)9(16)8(14)4-1-6-7(20-3-19-6)2-5(4)15(17)18/h1-2,8-9,16H,3,14H2/t8-,9-/m0/s1. The van der Waals surface area contributed by atoms with Crippen LogP contribution >= 0.6 is 0 Å². The number of hydrogen-bond acceptors (Lipinski definition) is 6. The maximum atomic E-state index is 12.4. The van der Waals surface area contributed by atoms with Gasteiger partial charge in [0.25, 0.3) is 5.69 Å². The number of nitro benzene ring substituents is 1. The number of nitrogens with two attached hydrogens (primary N) is 1. The van der Waals surface area contributed by atoms with E-state index in [0.29, 0.717) is 0 Å². The molecule has 0 unspecified atom stereocenters. The van der Waals surface area contributed by atoms with E-state index >= 15 is 0 Å². The highest BCUT2D eigenvalue weighted by molar-refractivity contribution is 5.56. The summed E-state index contributed by atoms with van der Waals surface area (Å²) in [5, 5.41) is 20.0. The Morgan fingerprint density at radius 2 is 1.90 bits per heavy atom. The molecular formula is C10H9F3N2O5. The van der Waals surface area contributed by atoms with E-state index in [1.165, 1.54) is 0 Å². The van der Waals surface area contributed by atoms with E-state index < -0.39 is 34.5 Å². The molecular weight excluding hydrogens is 285 g/mol. The zero-order valence-corrected chi connectivity index (χ0v) is 9.76. The Balaban J connectivity index is 2.47. The average Bonchev–Trinajstić information content (AvgIpc) is 2.81. The first kappa shape index (κ1) is 14.3. The zero-order chi connectivity index (χ0) is 15.1. The predicted octanol–water partition coefficient (Wildman–Crippen LogP) is 1.25. The minimum atomic E-state index is -5.00. The number of hydrogen-bond donors (Lipinski definition) is 2. The van der Waals surface area contributed by atoms with E-state index in [1.807, 2.05) is 0 Å². The van der Waals surface area contributed by atoms with Gasteiger partial charge in [0.2, 0.25) is 6.79 Å². The van der Waals surface area contributed by atoms with Gasteiger partial charge in [-0.25, -0.2) is 0 Å². The third kappa shape index (κ3) is 2.47. The topological polar surface area (TPSA) is 108 Å². The summed E-state index contributed by atoms with van der Waals surface area (Å²) in [5.74, 6) is 0.0737. The molecule has 0 fully saturated rings. The molecule has 0 aliphatic carbocycles. The van der Waals surface area contributed by atoms with Crippen molar-refractivity contribution in [1.29, 1.82) is 0 Å². The monoisotopic (exact) mass is 294 g/mol. The number of alkyl halides is 3. The van der Waals surface area contributed by atoms with E-state index in [2.05, 4.69) is 0 Å². The molecule has 0 amide bonds. The number of benzene rings is 1. The van der Waals surface area contributed by atoms with Gasteiger partial charge >= 0.3 is 6.18 Å². The van der Waals surface area contributed by atoms with Crippen LogP contribution in [0.2, 0.25) is 0 Å². The van der Waals surface area contributed by atoms with Crippen molar-refractivity contribution in [2.24, 2.45) is 5.73 Å². The van der Waals surface area contributed by atoms with Crippen molar-refractivity contribution in [2.75, 3.05) is 6.79 Å². The van der Waals surface area contributed by atoms with Crippen molar-refractivity contribution in [2.45, 2.75) is 18.3 Å². The largest absolute Gasteiger partial charge is 0.454 e. The summed E-state index contributed by atoms with van der Waals surface area (Å²) in [4.78, 5) is 9.99. The number of halogens is 3. The lowest BCUT2D eigenvalue weighted by molar-refractivity contribution is -0.386. The van der Waals surface area contributed by atoms with Crippen LogP contribution in [-0.4, -0.2) is 29.1 Å². The Morgan fingerprint density at radius 3 is 2.40 bits per heavy atom. The van der Waals surface area contributed by atoms with Gasteiger partial charge in [0.15, 0.2) is 17.6 Å². The fourth-order valence-corrected chi connectivity index (χ4v) is 1.75. The molecule has 0 saturated carbocycles. The van der Waals surface area contributed by atoms with Crippen molar-refractivity contribution < 1.29 is 32.7 Å². The Bertz CT molecular complexity index is 548. The zero-order valence-electron chi connectivity index (χ0n) is 9.76. The van der Waals surface area contributed by atoms with Gasteiger partial charge in [-0.05, 0) is 6.07 Å². The highest BCUT2D eigenvalue weighted by Crippen LogP contribution is 2.41. The predicted molar refractivity (Wildman–Crippen MR) is 58.2 cm³/mol. The highest BCUT2D eigenvalue weighted by Gasteiger charge is 2.45. The molecule has 110 valence electrons. The Hall–Kier alpha value is -2.07. The minimum absolute atomic E-state index is 0.0362. The van der Waals surface area contributed by atoms with E-state index in [-0.39, 0.29) is 18.3 Å². The second-order valence-corrected chi connectivity index (χ2v) is 4.03. The molecule has 3 N–H and O–H groups in total. The van der Waals surface area contributed by atoms with Gasteiger partial charge in [0.05, 0.1) is 22.6 Å². The molecule has 1 aromatic carbocycles. The number of ether oxygens (including phenoxy) is 2. The third-order valence-corrected chi connectivity index (χ3v) is 2.75. The summed E-state index contributed by atoms with van der Waals surface area (Å²) >= 11 is 0. The van der Waals surface area contributed by atoms with Crippen LogP contribution in [-0.2, 0) is 0 Å². The van der Waals surface area contributed by atoms with Crippen molar-refractivity contribution in [1.82, 2.24) is 0 Å². The maximum Gasteiger partial charge on any atom is 0.416 e. The van der Waals surface area contributed by atoms with Gasteiger partial charge < -0.3 is 20.3 Å². The highest BCUT2D eigenvalue weighted by atomic mass is 19.4. The number of fused-ring (bicyclic) bond motifs is 1. The smallest absolute Gasteiger partial charge is 0.416 e. The Labute approximate surface area is 109 Å². The molecule has 7 nitrogen and oxygen atoms in total. The lowest BCUT2D eigenvalue weighted by Gasteiger charge is -2.21. The first-order chi connectivity index (χ1) is 9.21. The van der Waals surface area contributed by atoms with Crippen LogP contribution in [0, 0.1) is 10.1 Å². The number of aliphatic hydroxyl groups excluding tert-OH is 1. The van der Waals surface area contributed by atoms with Gasteiger partial charge in [-0.3, -0.25) is 10.1 Å². The van der Waals surface area contributed by atoms with Crippen molar-refractivity contribution in [3.05, 3.63) is 27.8 Å². The van der Waals surface area contributed by atoms with Crippen LogP contribution in [0.15, 0.2) is 12.1 Å². The summed E-state index contributed by atoms with van der Waals surface area (Å²) in [7, 11) is 0. The Morgan fingerprint density at radius 1 is 1.35 bits per heavy atom. The SMILES string of the molecule is N[C@@H](c1cc2c(cc1[N+](=O)[O-])OCO2)[C@H](O)C(F)(F)F. The number of nitrogens with zero attached hydrogens (tertiary/aromatic N) is 1. The lowest BCUT2D eigenvalue weighted by atomic mass is 9.99. The number of rotatable bonds is 3. The summed E-state index contributed by atoms with van der Waals surface area (Å²) < 4.78 is 47.1. The molecule has 10 heteroatoms. The van der Waals surface area contributed by atoms with Gasteiger partial charge in [-0.1, -0.05) is 0 Å². The molecule has 1 aliphatic heterocycles. The van der Waals surface area contributed by atoms with Gasteiger partial charge in [-0.15, -0.1) is 0 Å². The fourth-order valence-electron chi connectivity index (χ4n) is 1.75. The van der Waals surface area contributed by atoms with E-state index in [0.717, 1.165) is 12.1 Å². The van der Waals surface area contributed by atoms with Crippen LogP contribution in [0.25, 0.3) is 0 Å². The van der Waals surface area contributed by atoms with Crippen LogP contribution in [0.1, 0.15) is 11.6 Å². The van der Waals surface area contributed by atoms with E-state index in [1.54, 1.807) is 0 Å². The summed E-state index contributed by atoms with van der Waals surface area (Å²) in [6.45, 7) is -0.201. The fraction of sp³-hybridized carbons (Fsp3) is 0.400. The average molecular weight is 294 g/mol.